The van der Waals surface area contributed by atoms with Crippen LogP contribution in [0.2, 0.25) is 0 Å². The molecule has 9 nitrogen and oxygen atoms in total. The van der Waals surface area contributed by atoms with Gasteiger partial charge in [-0.15, -0.1) is 0 Å². The average molecular weight is 641 g/mol. The molecule has 1 aromatic carbocycles. The van der Waals surface area contributed by atoms with Crippen molar-refractivity contribution < 1.29 is 17.9 Å². The normalized spacial score (nSPS) is 16.1. The summed E-state index contributed by atoms with van der Waals surface area (Å²) < 4.78 is 34.4. The molecular weight excluding hydrogens is 607 g/mol. The van der Waals surface area contributed by atoms with Crippen molar-refractivity contribution in [3.8, 4) is 5.75 Å². The van der Waals surface area contributed by atoms with Crippen LogP contribution in [0.15, 0.2) is 35.1 Å². The number of hydrogen-bond donors (Lipinski definition) is 2. The molecule has 0 unspecified atom stereocenters. The molecule has 3 heterocycles. The Morgan fingerprint density at radius 1 is 1.27 bits per heavy atom. The van der Waals surface area contributed by atoms with Gasteiger partial charge in [0.25, 0.3) is 11.5 Å². The van der Waals surface area contributed by atoms with Gasteiger partial charge in [-0.2, -0.15) is 0 Å². The Morgan fingerprint density at radius 2 is 1.95 bits per heavy atom. The number of aromatic nitrogens is 2. The lowest BCUT2D eigenvalue weighted by molar-refractivity contribution is 0.0951. The van der Waals surface area contributed by atoms with Crippen molar-refractivity contribution in [1.82, 2.24) is 19.2 Å². The molecule has 1 fully saturated rings. The van der Waals surface area contributed by atoms with Crippen LogP contribution in [0, 0.1) is 16.5 Å². The van der Waals surface area contributed by atoms with E-state index in [0.29, 0.717) is 33.7 Å². The number of sulfonamides is 1. The zero-order valence-electron chi connectivity index (χ0n) is 21.5. The lowest BCUT2D eigenvalue weighted by Gasteiger charge is -2.35. The average Bonchev–Trinajstić information content (AvgIpc) is 3.18. The Hall–Kier alpha value is -2.38. The monoisotopic (exact) mass is 640 g/mol. The summed E-state index contributed by atoms with van der Waals surface area (Å²) in [5.74, 6) is 0.567. The van der Waals surface area contributed by atoms with Gasteiger partial charge in [0, 0.05) is 41.8 Å². The Morgan fingerprint density at radius 3 is 2.59 bits per heavy atom. The number of amides is 1. The van der Waals surface area contributed by atoms with Crippen molar-refractivity contribution in [3.05, 3.63) is 61.2 Å². The number of halogens is 1. The predicted molar refractivity (Wildman–Crippen MR) is 153 cm³/mol. The number of rotatable bonds is 8. The van der Waals surface area contributed by atoms with Crippen molar-refractivity contribution in [2.75, 3.05) is 26.0 Å². The van der Waals surface area contributed by atoms with Gasteiger partial charge in [0.1, 0.15) is 5.75 Å². The predicted octanol–water partition coefficient (Wildman–Crippen LogP) is 3.80. The van der Waals surface area contributed by atoms with E-state index in [0.717, 1.165) is 29.4 Å². The van der Waals surface area contributed by atoms with E-state index >= 15 is 0 Å². The smallest absolute Gasteiger partial charge is 0.257 e. The Kier molecular flexibility index (Phi) is 8.34. The lowest BCUT2D eigenvalue weighted by atomic mass is 9.91. The molecule has 4 rings (SSSR count). The molecule has 0 aliphatic carbocycles. The Bertz CT molecular complexity index is 1470. The summed E-state index contributed by atoms with van der Waals surface area (Å²) in [5, 5.41) is 3.76. The van der Waals surface area contributed by atoms with E-state index in [2.05, 4.69) is 21.8 Å². The van der Waals surface area contributed by atoms with Gasteiger partial charge in [0.2, 0.25) is 10.0 Å². The number of nitrogens with one attached hydrogen (secondary N) is 2. The number of para-hydroxylation sites is 1. The van der Waals surface area contributed by atoms with Gasteiger partial charge in [-0.05, 0) is 68.2 Å². The molecule has 1 aliphatic heterocycles. The zero-order valence-corrected chi connectivity index (χ0v) is 24.5. The second kappa shape index (κ2) is 11.2. The van der Waals surface area contributed by atoms with Crippen LogP contribution >= 0.6 is 22.6 Å². The minimum atomic E-state index is -3.19. The molecule has 1 saturated heterocycles. The van der Waals surface area contributed by atoms with Crippen LogP contribution in [0.4, 0.5) is 0 Å². The Balaban J connectivity index is 1.61. The molecule has 0 radical (unpaired) electrons. The number of pyridine rings is 1. The zero-order chi connectivity index (χ0) is 26.9. The van der Waals surface area contributed by atoms with Crippen molar-refractivity contribution in [2.45, 2.75) is 46.2 Å². The van der Waals surface area contributed by atoms with Crippen LogP contribution in [-0.4, -0.2) is 54.1 Å². The van der Waals surface area contributed by atoms with E-state index in [1.807, 2.05) is 53.8 Å². The van der Waals surface area contributed by atoms with Crippen molar-refractivity contribution in [2.24, 2.45) is 5.92 Å². The van der Waals surface area contributed by atoms with Gasteiger partial charge in [-0.1, -0.05) is 18.2 Å². The number of fused-ring (bicyclic) bond motifs is 1. The van der Waals surface area contributed by atoms with Gasteiger partial charge in [-0.25, -0.2) is 12.7 Å². The highest BCUT2D eigenvalue weighted by atomic mass is 127. The molecule has 1 amide bonds. The summed E-state index contributed by atoms with van der Waals surface area (Å²) >= 11 is 2.01. The minimum Gasteiger partial charge on any atom is -0.496 e. The number of carbonyl (C=O) groups is 1. The molecule has 2 aromatic heterocycles. The lowest BCUT2D eigenvalue weighted by Crippen LogP contribution is -2.40. The highest BCUT2D eigenvalue weighted by Crippen LogP contribution is 2.36. The van der Waals surface area contributed by atoms with Gasteiger partial charge in [0.15, 0.2) is 0 Å². The van der Waals surface area contributed by atoms with Crippen molar-refractivity contribution in [3.63, 3.8) is 0 Å². The standard InChI is InChI=1S/C26H33IN4O5S/c1-5-37(34,35)30-12-10-18(11-13-30)16(2)31-17(3)24(19-8-6-7-9-21(19)31)26(33)28-15-20-22(36-4)14-23(27)29-25(20)32/h6-9,14,16,18H,5,10-13,15H2,1-4H3,(H,28,33)(H,29,32)/t16-/m1/s1. The number of nitrogens with zero attached hydrogens (tertiary/aromatic N) is 2. The van der Waals surface area contributed by atoms with E-state index in [4.69, 9.17) is 4.74 Å². The van der Waals surface area contributed by atoms with Gasteiger partial charge >= 0.3 is 0 Å². The summed E-state index contributed by atoms with van der Waals surface area (Å²) in [5.41, 5.74) is 2.45. The van der Waals surface area contributed by atoms with Crippen LogP contribution in [-0.2, 0) is 16.6 Å². The summed E-state index contributed by atoms with van der Waals surface area (Å²) in [6, 6.07) is 9.62. The Labute approximate surface area is 230 Å². The molecule has 0 spiro atoms. The third-order valence-electron chi connectivity index (χ3n) is 7.44. The fourth-order valence-corrected chi connectivity index (χ4v) is 7.03. The second-order valence-corrected chi connectivity index (χ2v) is 12.8. The van der Waals surface area contributed by atoms with Crippen LogP contribution in [0.3, 0.4) is 0 Å². The highest BCUT2D eigenvalue weighted by molar-refractivity contribution is 14.1. The van der Waals surface area contributed by atoms with Gasteiger partial charge < -0.3 is 19.6 Å². The summed E-state index contributed by atoms with van der Waals surface area (Å²) in [7, 11) is -1.69. The number of aromatic amines is 1. The minimum absolute atomic E-state index is 0.0348. The third kappa shape index (κ3) is 5.44. The number of H-pyrrole nitrogens is 1. The number of methoxy groups -OCH3 is 1. The molecule has 3 aromatic rings. The fraction of sp³-hybridized carbons (Fsp3) is 0.462. The maximum absolute atomic E-state index is 13.5. The largest absolute Gasteiger partial charge is 0.496 e. The summed E-state index contributed by atoms with van der Waals surface area (Å²) in [6.45, 7) is 6.84. The fourth-order valence-electron chi connectivity index (χ4n) is 5.37. The topological polar surface area (TPSA) is 114 Å². The van der Waals surface area contributed by atoms with E-state index in [1.165, 1.54) is 7.11 Å². The van der Waals surface area contributed by atoms with E-state index < -0.39 is 10.0 Å². The SMILES string of the molecule is CCS(=O)(=O)N1CCC([C@@H](C)n2c(C)c(C(=O)NCc3c(OC)cc(I)[nH]c3=O)c3ccccc32)CC1. The van der Waals surface area contributed by atoms with E-state index in [-0.39, 0.29) is 35.7 Å². The molecule has 1 atom stereocenters. The van der Waals surface area contributed by atoms with Gasteiger partial charge in [0.05, 0.1) is 34.2 Å². The van der Waals surface area contributed by atoms with E-state index in [1.54, 1.807) is 17.3 Å². The molecule has 11 heteroatoms. The molecule has 0 saturated carbocycles. The molecule has 0 bridgehead atoms. The van der Waals surface area contributed by atoms with E-state index in [9.17, 15) is 18.0 Å². The van der Waals surface area contributed by atoms with Crippen molar-refractivity contribution >= 4 is 49.4 Å². The quantitative estimate of drug-likeness (QED) is 0.288. The first-order valence-corrected chi connectivity index (χ1v) is 15.1. The van der Waals surface area contributed by atoms with Crippen LogP contribution in [0.25, 0.3) is 10.9 Å². The molecule has 1 aliphatic rings. The maximum atomic E-state index is 13.5. The second-order valence-electron chi connectivity index (χ2n) is 9.40. The summed E-state index contributed by atoms with van der Waals surface area (Å²) in [6.07, 6.45) is 1.53. The number of hydrogen-bond acceptors (Lipinski definition) is 5. The van der Waals surface area contributed by atoms with Crippen LogP contribution < -0.4 is 15.6 Å². The van der Waals surface area contributed by atoms with Crippen LogP contribution in [0.1, 0.15) is 54.3 Å². The summed E-state index contributed by atoms with van der Waals surface area (Å²) in [4.78, 5) is 28.7. The third-order valence-corrected chi connectivity index (χ3v) is 9.90. The molecule has 200 valence electrons. The first-order chi connectivity index (χ1) is 17.6. The number of piperidine rings is 1. The molecule has 2 N–H and O–H groups in total. The highest BCUT2D eigenvalue weighted by Gasteiger charge is 2.32. The van der Waals surface area contributed by atoms with Crippen molar-refractivity contribution in [1.29, 1.82) is 0 Å². The van der Waals surface area contributed by atoms with Gasteiger partial charge in [-0.3, -0.25) is 9.59 Å². The first kappa shape index (κ1) is 27.6. The maximum Gasteiger partial charge on any atom is 0.257 e. The number of ether oxygens (including phenoxy) is 1. The molecular formula is C26H33IN4O5S. The van der Waals surface area contributed by atoms with Crippen LogP contribution in [0.5, 0.6) is 5.75 Å². The first-order valence-electron chi connectivity index (χ1n) is 12.4. The number of carbonyl (C=O) groups excluding carboxylic acids is 1. The molecule has 37 heavy (non-hydrogen) atoms. The number of benzene rings is 1.